The third-order valence-electron chi connectivity index (χ3n) is 6.82. The molecule has 1 aliphatic carbocycles. The quantitative estimate of drug-likeness (QED) is 0.286. The predicted octanol–water partition coefficient (Wildman–Crippen LogP) is 4.34. The van der Waals surface area contributed by atoms with Gasteiger partial charge >= 0.3 is 5.97 Å². The molecule has 1 heterocycles. The lowest BCUT2D eigenvalue weighted by molar-refractivity contribution is -0.143. The first-order valence-electron chi connectivity index (χ1n) is 11.4. The number of carbonyl (C=O) groups is 2. The normalized spacial score (nSPS) is 21.3. The van der Waals surface area contributed by atoms with Gasteiger partial charge in [0.1, 0.15) is 0 Å². The zero-order valence-electron chi connectivity index (χ0n) is 17.8. The molecule has 5 nitrogen and oxygen atoms in total. The molecule has 2 atom stereocenters. The van der Waals surface area contributed by atoms with E-state index in [9.17, 15) is 14.7 Å². The molecule has 1 aromatic rings. The summed E-state index contributed by atoms with van der Waals surface area (Å²) in [5.41, 5.74) is 1.29. The summed E-state index contributed by atoms with van der Waals surface area (Å²) in [5, 5.41) is 19.6. The SMILES string of the molecule is O=C(O)CCCCCCN1C(=O)CC1C=CCC(O)C1(Cc2ccccc2)CCC1. The zero-order valence-corrected chi connectivity index (χ0v) is 17.8. The standard InChI is InChI=1S/C25H35NO4/c27-22(25(15-9-16-25)19-20-10-4-3-5-11-20)13-8-12-21-18-23(28)26(21)17-7-2-1-6-14-24(29)30/h3-5,8,10-12,21-22,27H,1-2,6-7,9,13-19H2,(H,29,30). The van der Waals surface area contributed by atoms with Crippen LogP contribution in [0.1, 0.15) is 69.8 Å². The number of rotatable bonds is 13. The summed E-state index contributed by atoms with van der Waals surface area (Å²) in [5.74, 6) is -0.553. The molecule has 2 unspecified atom stereocenters. The monoisotopic (exact) mass is 413 g/mol. The van der Waals surface area contributed by atoms with Crippen LogP contribution >= 0.6 is 0 Å². The van der Waals surface area contributed by atoms with Gasteiger partial charge < -0.3 is 15.1 Å². The highest BCUT2D eigenvalue weighted by molar-refractivity contribution is 5.83. The van der Waals surface area contributed by atoms with Crippen LogP contribution in [-0.2, 0) is 16.0 Å². The van der Waals surface area contributed by atoms with Crippen LogP contribution in [-0.4, -0.2) is 45.7 Å². The van der Waals surface area contributed by atoms with Crippen LogP contribution < -0.4 is 0 Å². The average molecular weight is 414 g/mol. The molecule has 3 rings (SSSR count). The van der Waals surface area contributed by atoms with Gasteiger partial charge in [-0.25, -0.2) is 0 Å². The van der Waals surface area contributed by atoms with Gasteiger partial charge in [0.05, 0.1) is 18.6 Å². The van der Waals surface area contributed by atoms with Gasteiger partial charge in [0, 0.05) is 18.4 Å². The number of carboxylic acid groups (broad SMARTS) is 1. The Labute approximate surface area is 179 Å². The summed E-state index contributed by atoms with van der Waals surface area (Å²) in [6.07, 6.45) is 13.0. The van der Waals surface area contributed by atoms with Gasteiger partial charge in [-0.15, -0.1) is 0 Å². The number of amides is 1. The first-order chi connectivity index (χ1) is 14.5. The number of aliphatic hydroxyl groups is 1. The van der Waals surface area contributed by atoms with Gasteiger partial charge in [-0.05, 0) is 44.1 Å². The molecular weight excluding hydrogens is 378 g/mol. The van der Waals surface area contributed by atoms with Crippen molar-refractivity contribution in [1.29, 1.82) is 0 Å². The second-order valence-corrected chi connectivity index (χ2v) is 8.97. The minimum atomic E-state index is -0.743. The molecule has 2 fully saturated rings. The molecule has 1 saturated heterocycles. The second-order valence-electron chi connectivity index (χ2n) is 8.97. The number of likely N-dealkylation sites (tertiary alicyclic amines) is 1. The number of hydrogen-bond acceptors (Lipinski definition) is 3. The molecule has 164 valence electrons. The Hall–Kier alpha value is -2.14. The Kier molecular flexibility index (Phi) is 8.08. The van der Waals surface area contributed by atoms with E-state index < -0.39 is 5.97 Å². The first-order valence-corrected chi connectivity index (χ1v) is 11.4. The lowest BCUT2D eigenvalue weighted by Crippen LogP contribution is -2.51. The molecule has 1 aliphatic heterocycles. The third-order valence-corrected chi connectivity index (χ3v) is 6.82. The fourth-order valence-corrected chi connectivity index (χ4v) is 4.73. The molecular formula is C25H35NO4. The molecule has 1 aromatic carbocycles. The van der Waals surface area contributed by atoms with Crippen LogP contribution in [0.2, 0.25) is 0 Å². The van der Waals surface area contributed by atoms with E-state index in [-0.39, 0.29) is 29.9 Å². The molecule has 1 saturated carbocycles. The summed E-state index contributed by atoms with van der Waals surface area (Å²) >= 11 is 0. The summed E-state index contributed by atoms with van der Waals surface area (Å²) < 4.78 is 0. The number of aliphatic carboxylic acids is 1. The lowest BCUT2D eigenvalue weighted by Gasteiger charge is -2.46. The maximum absolute atomic E-state index is 11.9. The number of carboxylic acids is 1. The minimum Gasteiger partial charge on any atom is -0.481 e. The molecule has 0 aromatic heterocycles. The zero-order chi connectivity index (χ0) is 21.4. The highest BCUT2D eigenvalue weighted by Crippen LogP contribution is 2.47. The number of nitrogens with zero attached hydrogens (tertiary/aromatic N) is 1. The molecule has 0 spiro atoms. The second kappa shape index (κ2) is 10.8. The van der Waals surface area contributed by atoms with Crippen molar-refractivity contribution in [3.05, 3.63) is 48.0 Å². The van der Waals surface area contributed by atoms with Crippen LogP contribution in [0.25, 0.3) is 0 Å². The van der Waals surface area contributed by atoms with E-state index in [1.54, 1.807) is 0 Å². The van der Waals surface area contributed by atoms with Gasteiger partial charge in [-0.1, -0.05) is 61.7 Å². The summed E-state index contributed by atoms with van der Waals surface area (Å²) in [6.45, 7) is 0.738. The number of carbonyl (C=O) groups excluding carboxylic acids is 1. The molecule has 0 radical (unpaired) electrons. The van der Waals surface area contributed by atoms with Gasteiger partial charge in [0.2, 0.25) is 5.91 Å². The highest BCUT2D eigenvalue weighted by atomic mass is 16.4. The molecule has 2 N–H and O–H groups in total. The van der Waals surface area contributed by atoms with Crippen LogP contribution in [0.3, 0.4) is 0 Å². The Morgan fingerprint density at radius 1 is 1.17 bits per heavy atom. The van der Waals surface area contributed by atoms with Gasteiger partial charge in [-0.3, -0.25) is 9.59 Å². The molecule has 5 heteroatoms. The summed E-state index contributed by atoms with van der Waals surface area (Å²) in [4.78, 5) is 24.4. The van der Waals surface area contributed by atoms with E-state index in [4.69, 9.17) is 5.11 Å². The van der Waals surface area contributed by atoms with Crippen LogP contribution in [0.4, 0.5) is 0 Å². The molecule has 2 aliphatic rings. The molecule has 0 bridgehead atoms. The predicted molar refractivity (Wildman–Crippen MR) is 117 cm³/mol. The van der Waals surface area contributed by atoms with Gasteiger partial charge in [-0.2, -0.15) is 0 Å². The third kappa shape index (κ3) is 5.94. The van der Waals surface area contributed by atoms with E-state index in [2.05, 4.69) is 36.4 Å². The Morgan fingerprint density at radius 2 is 1.90 bits per heavy atom. The number of β-lactam (4-membered cyclic amide) rings is 1. The Bertz CT molecular complexity index is 726. The summed E-state index contributed by atoms with van der Waals surface area (Å²) in [6, 6.07) is 10.6. The topological polar surface area (TPSA) is 77.8 Å². The van der Waals surface area contributed by atoms with E-state index in [1.807, 2.05) is 11.0 Å². The van der Waals surface area contributed by atoms with Crippen molar-refractivity contribution in [2.24, 2.45) is 5.41 Å². The number of benzene rings is 1. The van der Waals surface area contributed by atoms with E-state index in [1.165, 1.54) is 12.0 Å². The fourth-order valence-electron chi connectivity index (χ4n) is 4.73. The largest absolute Gasteiger partial charge is 0.481 e. The number of unbranched alkanes of at least 4 members (excludes halogenated alkanes) is 3. The fraction of sp³-hybridized carbons (Fsp3) is 0.600. The van der Waals surface area contributed by atoms with Gasteiger partial charge in [0.15, 0.2) is 0 Å². The highest BCUT2D eigenvalue weighted by Gasteiger charge is 2.42. The maximum Gasteiger partial charge on any atom is 0.303 e. The minimum absolute atomic E-state index is 0.00321. The van der Waals surface area contributed by atoms with Crippen molar-refractivity contribution in [2.75, 3.05) is 6.54 Å². The maximum atomic E-state index is 11.9. The number of aliphatic hydroxyl groups excluding tert-OH is 1. The van der Waals surface area contributed by atoms with Crippen molar-refractivity contribution in [1.82, 2.24) is 4.90 Å². The van der Waals surface area contributed by atoms with Crippen LogP contribution in [0.5, 0.6) is 0 Å². The first kappa shape index (κ1) is 22.5. The smallest absolute Gasteiger partial charge is 0.303 e. The summed E-state index contributed by atoms with van der Waals surface area (Å²) in [7, 11) is 0. The molecule has 30 heavy (non-hydrogen) atoms. The Balaban J connectivity index is 1.40. The van der Waals surface area contributed by atoms with Gasteiger partial charge in [0.25, 0.3) is 0 Å². The number of hydrogen-bond donors (Lipinski definition) is 2. The van der Waals surface area contributed by atoms with Crippen molar-refractivity contribution in [3.63, 3.8) is 0 Å². The van der Waals surface area contributed by atoms with E-state index >= 15 is 0 Å². The Morgan fingerprint density at radius 3 is 2.53 bits per heavy atom. The van der Waals surface area contributed by atoms with Crippen molar-refractivity contribution in [3.8, 4) is 0 Å². The van der Waals surface area contributed by atoms with Crippen LogP contribution in [0.15, 0.2) is 42.5 Å². The van der Waals surface area contributed by atoms with Crippen molar-refractivity contribution >= 4 is 11.9 Å². The average Bonchev–Trinajstić information content (AvgIpc) is 2.69. The lowest BCUT2D eigenvalue weighted by atomic mass is 9.61. The molecule has 1 amide bonds. The van der Waals surface area contributed by atoms with E-state index in [0.29, 0.717) is 19.3 Å². The van der Waals surface area contributed by atoms with Crippen LogP contribution in [0, 0.1) is 5.41 Å². The van der Waals surface area contributed by atoms with Crippen molar-refractivity contribution < 1.29 is 19.8 Å². The van der Waals surface area contributed by atoms with E-state index in [0.717, 1.165) is 45.1 Å². The van der Waals surface area contributed by atoms with Crippen molar-refractivity contribution in [2.45, 2.75) is 82.8 Å².